The number of amides is 1. The molecule has 0 aromatic heterocycles. The van der Waals surface area contributed by atoms with Crippen LogP contribution in [0.1, 0.15) is 25.5 Å². The van der Waals surface area contributed by atoms with Gasteiger partial charge in [0.1, 0.15) is 5.75 Å². The van der Waals surface area contributed by atoms with Crippen molar-refractivity contribution in [2.24, 2.45) is 4.99 Å². The van der Waals surface area contributed by atoms with Crippen LogP contribution >= 0.6 is 11.8 Å². The Balaban J connectivity index is 2.16. The second-order valence-electron chi connectivity index (χ2n) is 6.65. The SMILES string of the molecule is COC(=O)C1=C(C)N=C2SC(C(=O)N(C)C)=C(C)N2C1c1ccc(OC)cc1. The van der Waals surface area contributed by atoms with E-state index in [2.05, 4.69) is 4.99 Å². The van der Waals surface area contributed by atoms with E-state index in [0.29, 0.717) is 21.3 Å². The van der Waals surface area contributed by atoms with Gasteiger partial charge in [0.2, 0.25) is 0 Å². The van der Waals surface area contributed by atoms with Crippen LogP contribution in [0.4, 0.5) is 0 Å². The summed E-state index contributed by atoms with van der Waals surface area (Å²) in [5, 5.41) is 0.675. The lowest BCUT2D eigenvalue weighted by molar-refractivity contribution is -0.136. The van der Waals surface area contributed by atoms with Gasteiger partial charge in [-0.25, -0.2) is 9.79 Å². The molecule has 7 nitrogen and oxygen atoms in total. The molecular weight excluding hydrogens is 378 g/mol. The van der Waals surface area contributed by atoms with Gasteiger partial charge < -0.3 is 19.3 Å². The van der Waals surface area contributed by atoms with E-state index in [-0.39, 0.29) is 5.91 Å². The second-order valence-corrected chi connectivity index (χ2v) is 7.62. The van der Waals surface area contributed by atoms with Crippen LogP contribution in [0, 0.1) is 0 Å². The normalized spacial score (nSPS) is 18.7. The molecule has 0 aliphatic carbocycles. The summed E-state index contributed by atoms with van der Waals surface area (Å²) in [4.78, 5) is 33.9. The van der Waals surface area contributed by atoms with E-state index < -0.39 is 12.0 Å². The summed E-state index contributed by atoms with van der Waals surface area (Å²) < 4.78 is 10.3. The van der Waals surface area contributed by atoms with E-state index in [9.17, 15) is 9.59 Å². The summed E-state index contributed by atoms with van der Waals surface area (Å²) in [6.45, 7) is 3.66. The summed E-state index contributed by atoms with van der Waals surface area (Å²) in [6.07, 6.45) is 0. The Morgan fingerprint density at radius 3 is 2.32 bits per heavy atom. The number of amidine groups is 1. The molecule has 0 N–H and O–H groups in total. The van der Waals surface area contributed by atoms with E-state index >= 15 is 0 Å². The zero-order chi connectivity index (χ0) is 20.6. The van der Waals surface area contributed by atoms with Crippen molar-refractivity contribution in [2.75, 3.05) is 28.3 Å². The molecule has 8 heteroatoms. The summed E-state index contributed by atoms with van der Waals surface area (Å²) in [5.74, 6) is 0.192. The molecule has 3 rings (SSSR count). The molecule has 2 heterocycles. The van der Waals surface area contributed by atoms with Crippen molar-refractivity contribution in [2.45, 2.75) is 19.9 Å². The average Bonchev–Trinajstić information content (AvgIpc) is 3.01. The third-order valence-corrected chi connectivity index (χ3v) is 5.86. The molecule has 1 amide bonds. The number of esters is 1. The van der Waals surface area contributed by atoms with Gasteiger partial charge in [-0.3, -0.25) is 4.79 Å². The number of carbonyl (C=O) groups is 2. The fraction of sp³-hybridized carbons (Fsp3) is 0.350. The maximum Gasteiger partial charge on any atom is 0.338 e. The van der Waals surface area contributed by atoms with Gasteiger partial charge in [0, 0.05) is 19.8 Å². The highest BCUT2D eigenvalue weighted by molar-refractivity contribution is 8.18. The molecular formula is C20H23N3O4S. The third kappa shape index (κ3) is 3.28. The van der Waals surface area contributed by atoms with E-state index in [1.807, 2.05) is 36.1 Å². The number of fused-ring (bicyclic) bond motifs is 1. The number of hydrogen-bond donors (Lipinski definition) is 0. The van der Waals surface area contributed by atoms with Crippen LogP contribution < -0.4 is 4.74 Å². The molecule has 0 spiro atoms. The van der Waals surface area contributed by atoms with Crippen LogP contribution in [-0.4, -0.2) is 55.2 Å². The molecule has 1 aromatic carbocycles. The molecule has 0 fully saturated rings. The Morgan fingerprint density at radius 1 is 1.14 bits per heavy atom. The Kier molecular flexibility index (Phi) is 5.51. The molecule has 0 saturated carbocycles. The lowest BCUT2D eigenvalue weighted by atomic mass is 9.94. The van der Waals surface area contributed by atoms with Gasteiger partial charge in [-0.05, 0) is 43.3 Å². The van der Waals surface area contributed by atoms with Crippen molar-refractivity contribution < 1.29 is 19.1 Å². The first-order valence-corrected chi connectivity index (χ1v) is 9.53. The number of allylic oxidation sites excluding steroid dienone is 2. The van der Waals surface area contributed by atoms with Crippen molar-refractivity contribution >= 4 is 28.8 Å². The van der Waals surface area contributed by atoms with E-state index in [1.54, 1.807) is 28.1 Å². The van der Waals surface area contributed by atoms with Gasteiger partial charge in [0.15, 0.2) is 5.17 Å². The van der Waals surface area contributed by atoms with E-state index in [4.69, 9.17) is 9.47 Å². The number of likely N-dealkylation sites (N-methyl/N-ethyl adjacent to an activating group) is 1. The smallest absolute Gasteiger partial charge is 0.338 e. The number of ether oxygens (including phenoxy) is 2. The quantitative estimate of drug-likeness (QED) is 0.723. The first-order valence-electron chi connectivity index (χ1n) is 8.71. The molecule has 28 heavy (non-hydrogen) atoms. The zero-order valence-electron chi connectivity index (χ0n) is 16.8. The Morgan fingerprint density at radius 2 is 1.79 bits per heavy atom. The van der Waals surface area contributed by atoms with Crippen molar-refractivity contribution in [3.05, 3.63) is 51.7 Å². The number of benzene rings is 1. The number of methoxy groups -OCH3 is 2. The molecule has 0 radical (unpaired) electrons. The summed E-state index contributed by atoms with van der Waals surface area (Å²) in [6, 6.07) is 7.07. The predicted octanol–water partition coefficient (Wildman–Crippen LogP) is 2.92. The van der Waals surface area contributed by atoms with E-state index in [0.717, 1.165) is 17.0 Å². The van der Waals surface area contributed by atoms with Gasteiger partial charge in [-0.2, -0.15) is 0 Å². The lowest BCUT2D eigenvalue weighted by Crippen LogP contribution is -2.36. The first-order chi connectivity index (χ1) is 13.3. The topological polar surface area (TPSA) is 71.4 Å². The monoisotopic (exact) mass is 401 g/mol. The second kappa shape index (κ2) is 7.71. The fourth-order valence-corrected chi connectivity index (χ4v) is 4.47. The van der Waals surface area contributed by atoms with Crippen molar-refractivity contribution in [3.8, 4) is 5.75 Å². The van der Waals surface area contributed by atoms with Crippen molar-refractivity contribution in [3.63, 3.8) is 0 Å². The maximum atomic E-state index is 12.6. The summed E-state index contributed by atoms with van der Waals surface area (Å²) in [5.41, 5.74) is 2.68. The molecule has 148 valence electrons. The molecule has 0 saturated heterocycles. The summed E-state index contributed by atoms with van der Waals surface area (Å²) in [7, 11) is 6.39. The maximum absolute atomic E-state index is 12.6. The van der Waals surface area contributed by atoms with Crippen molar-refractivity contribution in [1.29, 1.82) is 0 Å². The Labute approximate surface area is 168 Å². The predicted molar refractivity (Wildman–Crippen MR) is 109 cm³/mol. The lowest BCUT2D eigenvalue weighted by Gasteiger charge is -2.35. The molecule has 0 bridgehead atoms. The van der Waals surface area contributed by atoms with Crippen LogP contribution in [0.25, 0.3) is 0 Å². The van der Waals surface area contributed by atoms with E-state index in [1.165, 1.54) is 23.8 Å². The number of thioether (sulfide) groups is 1. The van der Waals surface area contributed by atoms with Crippen molar-refractivity contribution in [1.82, 2.24) is 9.80 Å². The standard InChI is InChI=1S/C20H23N3O4S/c1-11-15(19(25)27-6)16(13-7-9-14(26-5)10-8-13)23-12(2)17(18(24)22(3)4)28-20(23)21-11/h7-10,16H,1-6H3. The highest BCUT2D eigenvalue weighted by atomic mass is 32.2. The minimum atomic E-state index is -0.439. The largest absolute Gasteiger partial charge is 0.497 e. The first kappa shape index (κ1) is 20.0. The van der Waals surface area contributed by atoms with Crippen LogP contribution in [0.2, 0.25) is 0 Å². The van der Waals surface area contributed by atoms with Gasteiger partial charge >= 0.3 is 5.97 Å². The van der Waals surface area contributed by atoms with Gasteiger partial charge in [-0.1, -0.05) is 12.1 Å². The molecule has 1 unspecified atom stereocenters. The minimum Gasteiger partial charge on any atom is -0.497 e. The van der Waals surface area contributed by atoms with Crippen LogP contribution in [-0.2, 0) is 14.3 Å². The molecule has 2 aliphatic rings. The Hall–Kier alpha value is -2.74. The third-order valence-electron chi connectivity index (χ3n) is 4.71. The Bertz CT molecular complexity index is 916. The molecule has 2 aliphatic heterocycles. The number of carbonyl (C=O) groups excluding carboxylic acids is 2. The van der Waals surface area contributed by atoms with Crippen LogP contribution in [0.3, 0.4) is 0 Å². The van der Waals surface area contributed by atoms with Gasteiger partial charge in [-0.15, -0.1) is 0 Å². The number of aliphatic imine (C=N–C) groups is 1. The minimum absolute atomic E-state index is 0.0923. The summed E-state index contributed by atoms with van der Waals surface area (Å²) >= 11 is 1.32. The molecule has 1 atom stereocenters. The number of hydrogen-bond acceptors (Lipinski definition) is 7. The highest BCUT2D eigenvalue weighted by Crippen LogP contribution is 2.47. The fourth-order valence-electron chi connectivity index (χ4n) is 3.25. The average molecular weight is 401 g/mol. The number of rotatable bonds is 4. The van der Waals surface area contributed by atoms with Crippen LogP contribution in [0.15, 0.2) is 51.1 Å². The van der Waals surface area contributed by atoms with Gasteiger partial charge in [0.25, 0.3) is 5.91 Å². The number of nitrogens with zero attached hydrogens (tertiary/aromatic N) is 3. The van der Waals surface area contributed by atoms with Crippen LogP contribution in [0.5, 0.6) is 5.75 Å². The molecule has 1 aromatic rings. The van der Waals surface area contributed by atoms with Gasteiger partial charge in [0.05, 0.1) is 36.4 Å². The highest BCUT2D eigenvalue weighted by Gasteiger charge is 2.43. The zero-order valence-corrected chi connectivity index (χ0v) is 17.6.